The highest BCUT2D eigenvalue weighted by molar-refractivity contribution is 6.31. The maximum Gasteiger partial charge on any atom is 0.328 e. The van der Waals surface area contributed by atoms with Crippen LogP contribution < -0.4 is 5.32 Å². The number of carbonyl (C=O) groups excluding carboxylic acids is 1. The lowest BCUT2D eigenvalue weighted by atomic mass is 10.1. The fraction of sp³-hybridized carbons (Fsp3) is 0.273. The van der Waals surface area contributed by atoms with Crippen LogP contribution >= 0.6 is 11.6 Å². The summed E-state index contributed by atoms with van der Waals surface area (Å²) in [6.45, 7) is 1.12. The maximum atomic E-state index is 11.6. The van der Waals surface area contributed by atoms with Crippen molar-refractivity contribution in [3.05, 3.63) is 34.3 Å². The number of amides is 1. The van der Waals surface area contributed by atoms with Gasteiger partial charge in [0.2, 0.25) is 0 Å². The number of carboxylic acid groups (broad SMARTS) is 1. The van der Waals surface area contributed by atoms with Gasteiger partial charge in [0.05, 0.1) is 6.61 Å². The van der Waals surface area contributed by atoms with Crippen molar-refractivity contribution >= 4 is 23.5 Å². The molecule has 0 heterocycles. The van der Waals surface area contributed by atoms with E-state index in [1.165, 1.54) is 12.1 Å². The monoisotopic (exact) mass is 257 g/mol. The highest BCUT2D eigenvalue weighted by Crippen LogP contribution is 2.16. The minimum absolute atomic E-state index is 0.250. The highest BCUT2D eigenvalue weighted by atomic mass is 35.5. The molecule has 1 aromatic carbocycles. The topological polar surface area (TPSA) is 86.6 Å². The zero-order valence-corrected chi connectivity index (χ0v) is 9.86. The molecule has 0 spiro atoms. The molecule has 92 valence electrons. The molecular weight excluding hydrogens is 246 g/mol. The van der Waals surface area contributed by atoms with Crippen molar-refractivity contribution in [1.82, 2.24) is 5.32 Å². The van der Waals surface area contributed by atoms with Gasteiger partial charge in [-0.2, -0.15) is 0 Å². The van der Waals surface area contributed by atoms with Crippen LogP contribution in [0.25, 0.3) is 0 Å². The Balaban J connectivity index is 2.82. The SMILES string of the molecule is Cc1ccc(C(=O)NC(CO)C(=O)O)cc1Cl. The van der Waals surface area contributed by atoms with Crippen molar-refractivity contribution in [2.45, 2.75) is 13.0 Å². The number of aliphatic hydroxyl groups is 1. The molecule has 6 heteroatoms. The Morgan fingerprint density at radius 2 is 2.12 bits per heavy atom. The van der Waals surface area contributed by atoms with Crippen molar-refractivity contribution in [2.24, 2.45) is 0 Å². The zero-order valence-electron chi connectivity index (χ0n) is 9.11. The molecule has 0 radical (unpaired) electrons. The summed E-state index contributed by atoms with van der Waals surface area (Å²) in [6.07, 6.45) is 0. The Kier molecular flexibility index (Phi) is 4.48. The predicted molar refractivity (Wildman–Crippen MR) is 62.2 cm³/mol. The van der Waals surface area contributed by atoms with Crippen LogP contribution in [-0.2, 0) is 4.79 Å². The fourth-order valence-corrected chi connectivity index (χ4v) is 1.34. The van der Waals surface area contributed by atoms with Crippen LogP contribution in [0.4, 0.5) is 0 Å². The minimum atomic E-state index is -1.32. The van der Waals surface area contributed by atoms with E-state index in [1.54, 1.807) is 13.0 Å². The van der Waals surface area contributed by atoms with Gasteiger partial charge in [-0.3, -0.25) is 4.79 Å². The second-order valence-corrected chi connectivity index (χ2v) is 3.92. The first-order valence-corrected chi connectivity index (χ1v) is 5.24. The number of nitrogens with one attached hydrogen (secondary N) is 1. The van der Waals surface area contributed by atoms with Crippen LogP contribution in [0.15, 0.2) is 18.2 Å². The summed E-state index contributed by atoms with van der Waals surface area (Å²) < 4.78 is 0. The van der Waals surface area contributed by atoms with Gasteiger partial charge in [0, 0.05) is 10.6 Å². The molecule has 0 fully saturated rings. The zero-order chi connectivity index (χ0) is 13.0. The van der Waals surface area contributed by atoms with Gasteiger partial charge in [-0.25, -0.2) is 4.79 Å². The standard InChI is InChI=1S/C11H12ClNO4/c1-6-2-3-7(4-8(6)12)10(15)13-9(5-14)11(16)17/h2-4,9,14H,5H2,1H3,(H,13,15)(H,16,17). The molecule has 0 aliphatic carbocycles. The number of aliphatic carboxylic acids is 1. The number of carboxylic acids is 1. The minimum Gasteiger partial charge on any atom is -0.480 e. The second kappa shape index (κ2) is 5.65. The Bertz CT molecular complexity index is 447. The largest absolute Gasteiger partial charge is 0.480 e. The van der Waals surface area contributed by atoms with Crippen LogP contribution in [-0.4, -0.2) is 34.7 Å². The van der Waals surface area contributed by atoms with Crippen LogP contribution in [0.5, 0.6) is 0 Å². The summed E-state index contributed by atoms with van der Waals surface area (Å²) in [6, 6.07) is 3.32. The first-order chi connectivity index (χ1) is 7.95. The average Bonchev–Trinajstić information content (AvgIpc) is 2.28. The third-order valence-corrected chi connectivity index (χ3v) is 2.63. The normalized spacial score (nSPS) is 11.9. The van der Waals surface area contributed by atoms with Gasteiger partial charge in [0.15, 0.2) is 6.04 Å². The van der Waals surface area contributed by atoms with Crippen LogP contribution in [0.1, 0.15) is 15.9 Å². The number of halogens is 1. The predicted octanol–water partition coefficient (Wildman–Crippen LogP) is 0.824. The van der Waals surface area contributed by atoms with Crippen molar-refractivity contribution in [2.75, 3.05) is 6.61 Å². The Morgan fingerprint density at radius 1 is 1.47 bits per heavy atom. The van der Waals surface area contributed by atoms with E-state index in [0.29, 0.717) is 5.02 Å². The number of hydrogen-bond acceptors (Lipinski definition) is 3. The molecule has 5 nitrogen and oxygen atoms in total. The maximum absolute atomic E-state index is 11.6. The molecule has 1 amide bonds. The summed E-state index contributed by atoms with van der Waals surface area (Å²) >= 11 is 5.85. The number of rotatable bonds is 4. The van der Waals surface area contributed by atoms with E-state index >= 15 is 0 Å². The fourth-order valence-electron chi connectivity index (χ4n) is 1.16. The lowest BCUT2D eigenvalue weighted by Crippen LogP contribution is -2.43. The van der Waals surface area contributed by atoms with Crippen molar-refractivity contribution < 1.29 is 19.8 Å². The molecule has 0 aromatic heterocycles. The Labute approximate surface area is 103 Å². The van der Waals surface area contributed by atoms with E-state index in [-0.39, 0.29) is 5.56 Å². The van der Waals surface area contributed by atoms with Gasteiger partial charge < -0.3 is 15.5 Å². The first-order valence-electron chi connectivity index (χ1n) is 4.86. The lowest BCUT2D eigenvalue weighted by Gasteiger charge is -2.11. The van der Waals surface area contributed by atoms with E-state index in [9.17, 15) is 9.59 Å². The van der Waals surface area contributed by atoms with E-state index in [4.69, 9.17) is 21.8 Å². The van der Waals surface area contributed by atoms with Gasteiger partial charge in [0.1, 0.15) is 0 Å². The number of benzene rings is 1. The average molecular weight is 258 g/mol. The molecule has 3 N–H and O–H groups in total. The second-order valence-electron chi connectivity index (χ2n) is 3.51. The summed E-state index contributed by atoms with van der Waals surface area (Å²) in [5.74, 6) is -1.88. The van der Waals surface area contributed by atoms with Crippen molar-refractivity contribution in [1.29, 1.82) is 0 Å². The quantitative estimate of drug-likeness (QED) is 0.745. The molecule has 0 saturated carbocycles. The number of aliphatic hydroxyl groups excluding tert-OH is 1. The Morgan fingerprint density at radius 3 is 2.59 bits per heavy atom. The molecular formula is C11H12ClNO4. The van der Waals surface area contributed by atoms with Gasteiger partial charge >= 0.3 is 5.97 Å². The van der Waals surface area contributed by atoms with E-state index in [1.807, 2.05) is 0 Å². The van der Waals surface area contributed by atoms with Crippen molar-refractivity contribution in [3.8, 4) is 0 Å². The van der Waals surface area contributed by atoms with Gasteiger partial charge in [-0.05, 0) is 24.6 Å². The van der Waals surface area contributed by atoms with Gasteiger partial charge in [0.25, 0.3) is 5.91 Å². The smallest absolute Gasteiger partial charge is 0.328 e. The van der Waals surface area contributed by atoms with Crippen LogP contribution in [0, 0.1) is 6.92 Å². The highest BCUT2D eigenvalue weighted by Gasteiger charge is 2.19. The summed E-state index contributed by atoms with van der Waals surface area (Å²) in [4.78, 5) is 22.3. The first kappa shape index (κ1) is 13.5. The molecule has 0 aliphatic heterocycles. The third-order valence-electron chi connectivity index (χ3n) is 2.22. The van der Waals surface area contributed by atoms with E-state index in [2.05, 4.69) is 5.32 Å². The molecule has 0 aliphatic rings. The molecule has 1 aromatic rings. The summed E-state index contributed by atoms with van der Waals surface area (Å²) in [7, 11) is 0. The van der Waals surface area contributed by atoms with Crippen molar-refractivity contribution in [3.63, 3.8) is 0 Å². The van der Waals surface area contributed by atoms with Crippen LogP contribution in [0.3, 0.4) is 0 Å². The molecule has 1 rings (SSSR count). The number of carbonyl (C=O) groups is 2. The molecule has 1 atom stereocenters. The number of aryl methyl sites for hydroxylation is 1. The molecule has 0 saturated heterocycles. The molecule has 0 bridgehead atoms. The number of hydrogen-bond donors (Lipinski definition) is 3. The summed E-state index contributed by atoms with van der Waals surface area (Å²) in [5.41, 5.74) is 1.07. The van der Waals surface area contributed by atoms with E-state index < -0.39 is 24.5 Å². The summed E-state index contributed by atoms with van der Waals surface area (Å²) in [5, 5.41) is 20.0. The van der Waals surface area contributed by atoms with Gasteiger partial charge in [-0.15, -0.1) is 0 Å². The Hall–Kier alpha value is -1.59. The lowest BCUT2D eigenvalue weighted by molar-refractivity contribution is -0.140. The molecule has 1 unspecified atom stereocenters. The van der Waals surface area contributed by atoms with Gasteiger partial charge in [-0.1, -0.05) is 17.7 Å². The van der Waals surface area contributed by atoms with Crippen LogP contribution in [0.2, 0.25) is 5.02 Å². The third kappa shape index (κ3) is 3.44. The van der Waals surface area contributed by atoms with E-state index in [0.717, 1.165) is 5.56 Å². The molecule has 17 heavy (non-hydrogen) atoms.